The van der Waals surface area contributed by atoms with Crippen LogP contribution in [0.4, 0.5) is 8.78 Å². The summed E-state index contributed by atoms with van der Waals surface area (Å²) in [5.74, 6) is 1.55. The Morgan fingerprint density at radius 3 is 2.71 bits per heavy atom. The molecule has 31 heavy (non-hydrogen) atoms. The van der Waals surface area contributed by atoms with Crippen molar-refractivity contribution in [1.29, 1.82) is 0 Å². The summed E-state index contributed by atoms with van der Waals surface area (Å²) < 4.78 is 34.9. The standard InChI is InChI=1S/C20H22F2N6O2.HI/c1-2-23-20(26-13-14-7-3-4-9-16(14)29-19(21)22)25-12-10-17-27-18(30-28-17)15-8-5-6-11-24-15;/h3-9,11,19H,2,10,12-13H2,1H3,(H2,23,25,26);1H. The van der Waals surface area contributed by atoms with E-state index in [-0.39, 0.29) is 36.3 Å². The van der Waals surface area contributed by atoms with Crippen LogP contribution in [0, 0.1) is 0 Å². The van der Waals surface area contributed by atoms with Crippen LogP contribution in [0.25, 0.3) is 11.6 Å². The van der Waals surface area contributed by atoms with Crippen molar-refractivity contribution >= 4 is 29.9 Å². The summed E-state index contributed by atoms with van der Waals surface area (Å²) >= 11 is 0. The van der Waals surface area contributed by atoms with E-state index in [2.05, 4.69) is 35.5 Å². The molecule has 0 atom stereocenters. The molecule has 0 radical (unpaired) electrons. The highest BCUT2D eigenvalue weighted by Gasteiger charge is 2.11. The second-order valence-electron chi connectivity index (χ2n) is 6.09. The molecule has 2 N–H and O–H groups in total. The average Bonchev–Trinajstić information content (AvgIpc) is 3.22. The van der Waals surface area contributed by atoms with E-state index in [1.807, 2.05) is 19.1 Å². The smallest absolute Gasteiger partial charge is 0.387 e. The number of pyridine rings is 1. The molecule has 0 saturated heterocycles. The lowest BCUT2D eigenvalue weighted by atomic mass is 10.2. The van der Waals surface area contributed by atoms with Crippen molar-refractivity contribution in [2.75, 3.05) is 13.1 Å². The highest BCUT2D eigenvalue weighted by atomic mass is 127. The van der Waals surface area contributed by atoms with Gasteiger partial charge in [-0.3, -0.25) is 4.98 Å². The molecular weight excluding hydrogens is 521 g/mol. The summed E-state index contributed by atoms with van der Waals surface area (Å²) in [6.45, 7) is 0.385. The first-order valence-corrected chi connectivity index (χ1v) is 9.44. The monoisotopic (exact) mass is 544 g/mol. The molecule has 0 amide bonds. The van der Waals surface area contributed by atoms with Crippen molar-refractivity contribution < 1.29 is 18.0 Å². The van der Waals surface area contributed by atoms with Gasteiger partial charge in [0, 0.05) is 31.3 Å². The highest BCUT2D eigenvalue weighted by Crippen LogP contribution is 2.21. The summed E-state index contributed by atoms with van der Waals surface area (Å²) in [6, 6.07) is 12.0. The first kappa shape index (κ1) is 24.4. The van der Waals surface area contributed by atoms with Gasteiger partial charge >= 0.3 is 6.61 Å². The Balaban J connectivity index is 0.00000341. The zero-order chi connectivity index (χ0) is 21.2. The van der Waals surface area contributed by atoms with Crippen LogP contribution in [-0.2, 0) is 13.0 Å². The van der Waals surface area contributed by atoms with E-state index in [4.69, 9.17) is 4.52 Å². The third-order valence-electron chi connectivity index (χ3n) is 3.93. The second kappa shape index (κ2) is 12.8. The number of aromatic nitrogens is 3. The number of nitrogens with zero attached hydrogens (tertiary/aromatic N) is 4. The number of halogens is 3. The summed E-state index contributed by atoms with van der Waals surface area (Å²) in [4.78, 5) is 12.9. The van der Waals surface area contributed by atoms with Crippen LogP contribution in [0.1, 0.15) is 18.3 Å². The zero-order valence-electron chi connectivity index (χ0n) is 16.8. The lowest BCUT2D eigenvalue weighted by Gasteiger charge is -2.12. The van der Waals surface area contributed by atoms with Gasteiger partial charge < -0.3 is 19.9 Å². The van der Waals surface area contributed by atoms with Crippen LogP contribution < -0.4 is 15.4 Å². The maximum atomic E-state index is 12.6. The molecule has 0 spiro atoms. The van der Waals surface area contributed by atoms with Gasteiger partial charge in [0.1, 0.15) is 11.4 Å². The van der Waals surface area contributed by atoms with Gasteiger partial charge in [-0.15, -0.1) is 24.0 Å². The third-order valence-corrected chi connectivity index (χ3v) is 3.93. The Morgan fingerprint density at radius 2 is 1.97 bits per heavy atom. The number of guanidine groups is 1. The molecule has 0 aliphatic rings. The van der Waals surface area contributed by atoms with Gasteiger partial charge in [-0.25, -0.2) is 4.99 Å². The Labute approximate surface area is 195 Å². The molecule has 0 fully saturated rings. The van der Waals surface area contributed by atoms with Crippen LogP contribution in [0.2, 0.25) is 0 Å². The summed E-state index contributed by atoms with van der Waals surface area (Å²) in [7, 11) is 0. The fourth-order valence-corrected chi connectivity index (χ4v) is 2.59. The first-order chi connectivity index (χ1) is 14.7. The molecule has 0 bridgehead atoms. The molecule has 0 unspecified atom stereocenters. The summed E-state index contributed by atoms with van der Waals surface area (Å²) in [5, 5.41) is 10.2. The van der Waals surface area contributed by atoms with Crippen LogP contribution >= 0.6 is 24.0 Å². The normalized spacial score (nSPS) is 11.2. The molecule has 1 aromatic carbocycles. The number of benzene rings is 1. The largest absolute Gasteiger partial charge is 0.434 e. The van der Waals surface area contributed by atoms with E-state index < -0.39 is 6.61 Å². The summed E-state index contributed by atoms with van der Waals surface area (Å²) in [5.41, 5.74) is 1.18. The maximum Gasteiger partial charge on any atom is 0.387 e. The van der Waals surface area contributed by atoms with Gasteiger partial charge in [0.2, 0.25) is 0 Å². The van der Waals surface area contributed by atoms with Crippen molar-refractivity contribution in [2.24, 2.45) is 4.99 Å². The van der Waals surface area contributed by atoms with E-state index >= 15 is 0 Å². The van der Waals surface area contributed by atoms with Gasteiger partial charge in [0.05, 0.1) is 6.54 Å². The fraction of sp³-hybridized carbons (Fsp3) is 0.300. The molecule has 11 heteroatoms. The number of hydrogen-bond acceptors (Lipinski definition) is 6. The van der Waals surface area contributed by atoms with Crippen molar-refractivity contribution in [3.8, 4) is 17.3 Å². The van der Waals surface area contributed by atoms with E-state index in [9.17, 15) is 8.78 Å². The number of rotatable bonds is 9. The molecule has 3 aromatic rings. The van der Waals surface area contributed by atoms with Crippen molar-refractivity contribution in [1.82, 2.24) is 25.8 Å². The molecule has 8 nitrogen and oxygen atoms in total. The lowest BCUT2D eigenvalue weighted by molar-refractivity contribution is -0.0504. The molecule has 0 aliphatic carbocycles. The van der Waals surface area contributed by atoms with Crippen molar-refractivity contribution in [2.45, 2.75) is 26.5 Å². The predicted octanol–water partition coefficient (Wildman–Crippen LogP) is 3.65. The molecular formula is C20H23F2IN6O2. The first-order valence-electron chi connectivity index (χ1n) is 9.44. The number of ether oxygens (including phenoxy) is 1. The predicted molar refractivity (Wildman–Crippen MR) is 123 cm³/mol. The van der Waals surface area contributed by atoms with Crippen molar-refractivity contribution in [3.63, 3.8) is 0 Å². The van der Waals surface area contributed by atoms with E-state index in [0.717, 1.165) is 0 Å². The molecule has 2 aromatic heterocycles. The van der Waals surface area contributed by atoms with E-state index in [0.29, 0.717) is 48.4 Å². The van der Waals surface area contributed by atoms with E-state index in [1.54, 1.807) is 30.5 Å². The minimum absolute atomic E-state index is 0. The molecule has 166 valence electrons. The Hall–Kier alpha value is -2.83. The van der Waals surface area contributed by atoms with Gasteiger partial charge in [0.15, 0.2) is 11.8 Å². The number of para-hydroxylation sites is 1. The zero-order valence-corrected chi connectivity index (χ0v) is 19.1. The van der Waals surface area contributed by atoms with Gasteiger partial charge in [0.25, 0.3) is 5.89 Å². The molecule has 2 heterocycles. The SMILES string of the molecule is CCNC(=NCc1ccccc1OC(F)F)NCCc1noc(-c2ccccn2)n1.I. The lowest BCUT2D eigenvalue weighted by Crippen LogP contribution is -2.38. The third kappa shape index (κ3) is 7.74. The summed E-state index contributed by atoms with van der Waals surface area (Å²) in [6.07, 6.45) is 2.16. The Bertz CT molecular complexity index is 956. The minimum atomic E-state index is -2.88. The van der Waals surface area contributed by atoms with Gasteiger partial charge in [-0.05, 0) is 25.1 Å². The molecule has 0 aliphatic heterocycles. The van der Waals surface area contributed by atoms with E-state index in [1.165, 1.54) is 6.07 Å². The van der Waals surface area contributed by atoms with Crippen LogP contribution in [0.5, 0.6) is 5.75 Å². The molecule has 0 saturated carbocycles. The number of alkyl halides is 2. The Morgan fingerprint density at radius 1 is 1.16 bits per heavy atom. The quantitative estimate of drug-likeness (QED) is 0.241. The van der Waals surface area contributed by atoms with Gasteiger partial charge in [-0.1, -0.05) is 29.4 Å². The topological polar surface area (TPSA) is 97.5 Å². The maximum absolute atomic E-state index is 12.6. The fourth-order valence-electron chi connectivity index (χ4n) is 2.59. The number of aliphatic imine (C=N–C) groups is 1. The van der Waals surface area contributed by atoms with Crippen LogP contribution in [0.3, 0.4) is 0 Å². The minimum Gasteiger partial charge on any atom is -0.434 e. The average molecular weight is 544 g/mol. The van der Waals surface area contributed by atoms with Crippen LogP contribution in [0.15, 0.2) is 58.2 Å². The highest BCUT2D eigenvalue weighted by molar-refractivity contribution is 14.0. The number of nitrogens with one attached hydrogen (secondary N) is 2. The van der Waals surface area contributed by atoms with Crippen molar-refractivity contribution in [3.05, 3.63) is 60.0 Å². The number of hydrogen-bond donors (Lipinski definition) is 2. The second-order valence-corrected chi connectivity index (χ2v) is 6.09. The van der Waals surface area contributed by atoms with Gasteiger partial charge in [-0.2, -0.15) is 13.8 Å². The van der Waals surface area contributed by atoms with Crippen LogP contribution in [-0.4, -0.2) is 40.8 Å². The molecule has 3 rings (SSSR count). The Kier molecular flexibility index (Phi) is 10.1.